The molecule has 2 aromatic carbocycles. The maximum Gasteiger partial charge on any atom is 0.336 e. The zero-order valence-corrected chi connectivity index (χ0v) is 19.5. The molecule has 174 valence electrons. The van der Waals surface area contributed by atoms with Crippen LogP contribution in [0.1, 0.15) is 42.5 Å². The van der Waals surface area contributed by atoms with Crippen molar-refractivity contribution in [2.75, 3.05) is 27.4 Å². The first kappa shape index (κ1) is 22.7. The third-order valence-electron chi connectivity index (χ3n) is 6.12. The summed E-state index contributed by atoms with van der Waals surface area (Å²) in [5.41, 5.74) is 3.04. The summed E-state index contributed by atoms with van der Waals surface area (Å²) in [6, 6.07) is 10.6. The van der Waals surface area contributed by atoms with Gasteiger partial charge in [0.05, 0.1) is 20.3 Å². The van der Waals surface area contributed by atoms with Crippen molar-refractivity contribution in [2.24, 2.45) is 0 Å². The lowest BCUT2D eigenvalue weighted by Crippen LogP contribution is -2.42. The summed E-state index contributed by atoms with van der Waals surface area (Å²) in [5.74, 6) is 1.97. The Morgan fingerprint density at radius 2 is 1.88 bits per heavy atom. The first-order chi connectivity index (χ1) is 15.9. The Balaban J connectivity index is 1.67. The maximum atomic E-state index is 12.9. The van der Waals surface area contributed by atoms with Gasteiger partial charge in [-0.15, -0.1) is 0 Å². The lowest BCUT2D eigenvalue weighted by atomic mass is 9.91. The van der Waals surface area contributed by atoms with E-state index in [0.717, 1.165) is 34.9 Å². The van der Waals surface area contributed by atoms with Gasteiger partial charge in [0.1, 0.15) is 17.9 Å². The molecule has 0 N–H and O–H groups in total. The van der Waals surface area contributed by atoms with Crippen molar-refractivity contribution < 1.29 is 23.4 Å². The number of carbonyl (C=O) groups excluding carboxylic acids is 1. The quantitative estimate of drug-likeness (QED) is 0.495. The second-order valence-corrected chi connectivity index (χ2v) is 8.23. The van der Waals surface area contributed by atoms with E-state index in [1.807, 2.05) is 43.0 Å². The normalized spacial score (nSPS) is 15.3. The summed E-state index contributed by atoms with van der Waals surface area (Å²) < 4.78 is 22.5. The number of rotatable bonds is 7. The molecule has 1 aromatic heterocycles. The first-order valence-corrected chi connectivity index (χ1v) is 11.2. The molecule has 4 rings (SSSR count). The zero-order chi connectivity index (χ0) is 23.5. The van der Waals surface area contributed by atoms with Crippen LogP contribution in [0.15, 0.2) is 45.6 Å². The van der Waals surface area contributed by atoms with Crippen molar-refractivity contribution in [3.8, 4) is 17.2 Å². The molecule has 1 atom stereocenters. The van der Waals surface area contributed by atoms with Crippen molar-refractivity contribution in [3.05, 3.63) is 63.5 Å². The maximum absolute atomic E-state index is 12.9. The fourth-order valence-corrected chi connectivity index (χ4v) is 4.43. The van der Waals surface area contributed by atoms with Crippen molar-refractivity contribution in [1.29, 1.82) is 0 Å². The number of aryl methyl sites for hydroxylation is 1. The predicted octanol–water partition coefficient (Wildman–Crippen LogP) is 4.42. The van der Waals surface area contributed by atoms with Crippen LogP contribution in [0.4, 0.5) is 0 Å². The summed E-state index contributed by atoms with van der Waals surface area (Å²) in [4.78, 5) is 26.6. The monoisotopic (exact) mass is 451 g/mol. The van der Waals surface area contributed by atoms with Crippen molar-refractivity contribution in [1.82, 2.24) is 4.90 Å². The highest BCUT2D eigenvalue weighted by Gasteiger charge is 2.32. The van der Waals surface area contributed by atoms with Gasteiger partial charge in [-0.2, -0.15) is 0 Å². The number of methoxy groups -OCH3 is 2. The number of amides is 1. The Bertz CT molecular complexity index is 1230. The molecule has 1 aliphatic heterocycles. The second-order valence-electron chi connectivity index (χ2n) is 8.23. The highest BCUT2D eigenvalue weighted by Crippen LogP contribution is 2.39. The molecule has 1 amide bonds. The summed E-state index contributed by atoms with van der Waals surface area (Å²) in [5, 5.41) is 0.863. The van der Waals surface area contributed by atoms with E-state index in [4.69, 9.17) is 18.6 Å². The summed E-state index contributed by atoms with van der Waals surface area (Å²) >= 11 is 0. The van der Waals surface area contributed by atoms with Gasteiger partial charge in [0, 0.05) is 30.5 Å². The highest BCUT2D eigenvalue weighted by atomic mass is 16.5. The van der Waals surface area contributed by atoms with Gasteiger partial charge in [-0.25, -0.2) is 4.79 Å². The molecule has 0 saturated carbocycles. The molecule has 0 bridgehead atoms. The number of hydrogen-bond acceptors (Lipinski definition) is 6. The molecule has 0 fully saturated rings. The van der Waals surface area contributed by atoms with E-state index >= 15 is 0 Å². The molecule has 2 heterocycles. The number of ether oxygens (including phenoxy) is 3. The molecule has 1 aliphatic rings. The van der Waals surface area contributed by atoms with E-state index in [0.29, 0.717) is 35.8 Å². The number of nitrogens with zero attached hydrogens (tertiary/aromatic N) is 1. The van der Waals surface area contributed by atoms with Gasteiger partial charge >= 0.3 is 5.63 Å². The van der Waals surface area contributed by atoms with Gasteiger partial charge < -0.3 is 23.5 Å². The van der Waals surface area contributed by atoms with Gasteiger partial charge in [0.25, 0.3) is 0 Å². The van der Waals surface area contributed by atoms with Crippen LogP contribution in [0.2, 0.25) is 0 Å². The highest BCUT2D eigenvalue weighted by molar-refractivity contribution is 5.81. The Morgan fingerprint density at radius 3 is 2.61 bits per heavy atom. The third kappa shape index (κ3) is 4.53. The number of carbonyl (C=O) groups is 1. The average molecular weight is 452 g/mol. The van der Waals surface area contributed by atoms with Crippen molar-refractivity contribution in [2.45, 2.75) is 39.2 Å². The van der Waals surface area contributed by atoms with E-state index < -0.39 is 5.63 Å². The Morgan fingerprint density at radius 1 is 1.12 bits per heavy atom. The van der Waals surface area contributed by atoms with Crippen LogP contribution in [-0.4, -0.2) is 38.2 Å². The van der Waals surface area contributed by atoms with Gasteiger partial charge in [-0.1, -0.05) is 6.92 Å². The van der Waals surface area contributed by atoms with Gasteiger partial charge in [0.15, 0.2) is 11.5 Å². The summed E-state index contributed by atoms with van der Waals surface area (Å²) in [6.07, 6.45) is 2.01. The zero-order valence-electron chi connectivity index (χ0n) is 19.5. The first-order valence-electron chi connectivity index (χ1n) is 11.2. The molecule has 7 nitrogen and oxygen atoms in total. The van der Waals surface area contributed by atoms with Crippen LogP contribution in [0, 0.1) is 6.92 Å². The second kappa shape index (κ2) is 9.57. The van der Waals surface area contributed by atoms with Crippen LogP contribution in [0.3, 0.4) is 0 Å². The number of fused-ring (bicyclic) bond motifs is 2. The third-order valence-corrected chi connectivity index (χ3v) is 6.12. The molecule has 0 radical (unpaired) electrons. The number of benzene rings is 2. The smallest absolute Gasteiger partial charge is 0.336 e. The lowest BCUT2D eigenvalue weighted by Gasteiger charge is -2.37. The van der Waals surface area contributed by atoms with Crippen LogP contribution in [0.25, 0.3) is 11.0 Å². The molecule has 3 aromatic rings. The fourth-order valence-electron chi connectivity index (χ4n) is 4.43. The molecule has 0 saturated heterocycles. The van der Waals surface area contributed by atoms with Crippen LogP contribution in [-0.2, 0) is 11.2 Å². The Labute approximate surface area is 192 Å². The van der Waals surface area contributed by atoms with E-state index in [1.54, 1.807) is 20.3 Å². The topological polar surface area (TPSA) is 78.2 Å². The molecule has 7 heteroatoms. The molecular weight excluding hydrogens is 422 g/mol. The predicted molar refractivity (Wildman–Crippen MR) is 125 cm³/mol. The summed E-state index contributed by atoms with van der Waals surface area (Å²) in [6.45, 7) is 4.75. The van der Waals surface area contributed by atoms with Crippen LogP contribution >= 0.6 is 0 Å². The SMILES string of the molecule is CCCC(=O)N1CCc2cc(OC)c(OC)cc2[C@H]1COc1ccc2c(C)cc(=O)oc2c1. The lowest BCUT2D eigenvalue weighted by molar-refractivity contribution is -0.135. The van der Waals surface area contributed by atoms with Gasteiger partial charge in [0.2, 0.25) is 5.91 Å². The van der Waals surface area contributed by atoms with Crippen LogP contribution < -0.4 is 19.8 Å². The van der Waals surface area contributed by atoms with E-state index in [-0.39, 0.29) is 18.6 Å². The largest absolute Gasteiger partial charge is 0.493 e. The van der Waals surface area contributed by atoms with E-state index in [9.17, 15) is 9.59 Å². The van der Waals surface area contributed by atoms with Gasteiger partial charge in [-0.05, 0) is 60.7 Å². The standard InChI is InChI=1S/C26H29NO6/c1-5-6-25(28)27-10-9-17-12-23(30-3)24(31-4)14-20(17)21(27)15-32-18-7-8-19-16(2)11-26(29)33-22(19)13-18/h7-8,11-14,21H,5-6,9-10,15H2,1-4H3/t21-/m1/s1. The van der Waals surface area contributed by atoms with E-state index in [2.05, 4.69) is 0 Å². The fraction of sp³-hybridized carbons (Fsp3) is 0.385. The Hall–Kier alpha value is -3.48. The minimum Gasteiger partial charge on any atom is -0.493 e. The Kier molecular flexibility index (Phi) is 6.58. The molecule has 0 unspecified atom stereocenters. The minimum absolute atomic E-state index is 0.103. The molecular formula is C26H29NO6. The molecule has 33 heavy (non-hydrogen) atoms. The number of hydrogen-bond donors (Lipinski definition) is 0. The summed E-state index contributed by atoms with van der Waals surface area (Å²) in [7, 11) is 3.22. The van der Waals surface area contributed by atoms with Crippen molar-refractivity contribution in [3.63, 3.8) is 0 Å². The minimum atomic E-state index is -0.393. The van der Waals surface area contributed by atoms with Crippen molar-refractivity contribution >= 4 is 16.9 Å². The average Bonchev–Trinajstić information content (AvgIpc) is 2.81. The molecule has 0 aliphatic carbocycles. The van der Waals surface area contributed by atoms with Gasteiger partial charge in [-0.3, -0.25) is 4.79 Å². The molecule has 0 spiro atoms. The van der Waals surface area contributed by atoms with E-state index in [1.165, 1.54) is 6.07 Å². The van der Waals surface area contributed by atoms with Crippen LogP contribution in [0.5, 0.6) is 17.2 Å².